The van der Waals surface area contributed by atoms with Crippen molar-refractivity contribution in [2.75, 3.05) is 5.73 Å². The van der Waals surface area contributed by atoms with Crippen molar-refractivity contribution in [2.45, 2.75) is 33.4 Å². The number of nitrogen functional groups attached to an aromatic ring is 1. The molecule has 1 rings (SSSR count). The van der Waals surface area contributed by atoms with Gasteiger partial charge in [-0.2, -0.15) is 0 Å². The highest BCUT2D eigenvalue weighted by Gasteiger charge is 2.07. The van der Waals surface area contributed by atoms with Gasteiger partial charge in [-0.15, -0.1) is 11.3 Å². The molecule has 1 unspecified atom stereocenters. The zero-order chi connectivity index (χ0) is 9.84. The van der Waals surface area contributed by atoms with E-state index in [1.165, 1.54) is 4.88 Å². The van der Waals surface area contributed by atoms with E-state index in [0.717, 1.165) is 12.2 Å². The van der Waals surface area contributed by atoms with Crippen LogP contribution in [0.4, 0.5) is 5.69 Å². The van der Waals surface area contributed by atoms with Gasteiger partial charge in [-0.3, -0.25) is 0 Å². The fraction of sp³-hybridized carbons (Fsp3) is 0.600. The molecule has 1 heterocycles. The van der Waals surface area contributed by atoms with Gasteiger partial charge in [-0.25, -0.2) is 0 Å². The number of rotatable bonds is 4. The van der Waals surface area contributed by atoms with Gasteiger partial charge in [-0.1, -0.05) is 13.8 Å². The van der Waals surface area contributed by atoms with Crippen molar-refractivity contribution >= 4 is 17.0 Å². The van der Waals surface area contributed by atoms with Crippen LogP contribution in [0.2, 0.25) is 0 Å². The maximum atomic E-state index is 5.77. The lowest BCUT2D eigenvalue weighted by atomic mass is 10.1. The Bertz CT molecular complexity index is 255. The first-order valence-corrected chi connectivity index (χ1v) is 5.54. The van der Waals surface area contributed by atoms with Crippen LogP contribution in [0.5, 0.6) is 0 Å². The minimum Gasteiger partial charge on any atom is -0.398 e. The minimum absolute atomic E-state index is 0.543. The summed E-state index contributed by atoms with van der Waals surface area (Å²) in [5.41, 5.74) is 6.68. The second kappa shape index (κ2) is 4.63. The highest BCUT2D eigenvalue weighted by molar-refractivity contribution is 7.10. The third-order valence-corrected chi connectivity index (χ3v) is 3.30. The van der Waals surface area contributed by atoms with Gasteiger partial charge >= 0.3 is 0 Å². The van der Waals surface area contributed by atoms with Gasteiger partial charge in [-0.05, 0) is 24.3 Å². The molecule has 13 heavy (non-hydrogen) atoms. The molecule has 1 aromatic heterocycles. The number of thiophene rings is 1. The molecule has 0 fully saturated rings. The van der Waals surface area contributed by atoms with Gasteiger partial charge in [0.25, 0.3) is 0 Å². The Kier molecular flexibility index (Phi) is 3.75. The average molecular weight is 198 g/mol. The van der Waals surface area contributed by atoms with Crippen molar-refractivity contribution in [2.24, 2.45) is 5.92 Å². The highest BCUT2D eigenvalue weighted by atomic mass is 32.1. The molecule has 0 aromatic carbocycles. The summed E-state index contributed by atoms with van der Waals surface area (Å²) in [5.74, 6) is 0.668. The van der Waals surface area contributed by atoms with Crippen LogP contribution in [-0.2, 0) is 6.54 Å². The number of anilines is 1. The molecule has 0 aliphatic heterocycles. The summed E-state index contributed by atoms with van der Waals surface area (Å²) < 4.78 is 0. The third-order valence-electron chi connectivity index (χ3n) is 2.36. The summed E-state index contributed by atoms with van der Waals surface area (Å²) in [6.07, 6.45) is 0. The van der Waals surface area contributed by atoms with E-state index in [0.29, 0.717) is 12.0 Å². The van der Waals surface area contributed by atoms with Crippen LogP contribution in [0.1, 0.15) is 25.6 Å². The fourth-order valence-corrected chi connectivity index (χ4v) is 1.73. The molecule has 0 saturated carbocycles. The van der Waals surface area contributed by atoms with Crippen LogP contribution in [0.3, 0.4) is 0 Å². The van der Waals surface area contributed by atoms with E-state index in [9.17, 15) is 0 Å². The summed E-state index contributed by atoms with van der Waals surface area (Å²) in [7, 11) is 0. The summed E-state index contributed by atoms with van der Waals surface area (Å²) in [6, 6.07) is 2.50. The summed E-state index contributed by atoms with van der Waals surface area (Å²) in [4.78, 5) is 1.24. The van der Waals surface area contributed by atoms with E-state index in [2.05, 4.69) is 26.1 Å². The quantitative estimate of drug-likeness (QED) is 0.780. The fourth-order valence-electron chi connectivity index (χ4n) is 0.984. The third kappa shape index (κ3) is 3.01. The second-order valence-electron chi connectivity index (χ2n) is 3.71. The van der Waals surface area contributed by atoms with Crippen LogP contribution in [0.25, 0.3) is 0 Å². The Morgan fingerprint density at radius 1 is 1.46 bits per heavy atom. The Morgan fingerprint density at radius 2 is 2.15 bits per heavy atom. The lowest BCUT2D eigenvalue weighted by Crippen LogP contribution is -2.30. The normalized spacial score (nSPS) is 13.5. The molecule has 0 radical (unpaired) electrons. The van der Waals surface area contributed by atoms with Gasteiger partial charge < -0.3 is 11.1 Å². The van der Waals surface area contributed by atoms with Crippen LogP contribution in [0, 0.1) is 5.92 Å². The predicted octanol–water partition coefficient (Wildman–Crippen LogP) is 2.46. The highest BCUT2D eigenvalue weighted by Crippen LogP contribution is 2.18. The molecule has 3 heteroatoms. The van der Waals surface area contributed by atoms with Crippen LogP contribution in [0.15, 0.2) is 11.4 Å². The monoisotopic (exact) mass is 198 g/mol. The standard InChI is InChI=1S/C10H18N2S/c1-7(2)8(3)12-6-10-9(11)4-5-13-10/h4-5,7-8,12H,6,11H2,1-3H3. The van der Waals surface area contributed by atoms with Crippen molar-refractivity contribution < 1.29 is 0 Å². The Morgan fingerprint density at radius 3 is 2.62 bits per heavy atom. The molecule has 0 spiro atoms. The van der Waals surface area contributed by atoms with Gasteiger partial charge in [0.05, 0.1) is 0 Å². The summed E-state index contributed by atoms with van der Waals surface area (Å²) in [5, 5.41) is 5.49. The molecule has 0 amide bonds. The van der Waals surface area contributed by atoms with Crippen LogP contribution in [-0.4, -0.2) is 6.04 Å². The van der Waals surface area contributed by atoms with E-state index in [1.807, 2.05) is 11.4 Å². The van der Waals surface area contributed by atoms with E-state index < -0.39 is 0 Å². The predicted molar refractivity (Wildman–Crippen MR) is 59.9 cm³/mol. The van der Waals surface area contributed by atoms with Crippen molar-refractivity contribution in [3.8, 4) is 0 Å². The first-order valence-electron chi connectivity index (χ1n) is 4.66. The van der Waals surface area contributed by atoms with Crippen molar-refractivity contribution in [1.82, 2.24) is 5.32 Å². The molecule has 1 atom stereocenters. The first-order chi connectivity index (χ1) is 6.11. The van der Waals surface area contributed by atoms with Gasteiger partial charge in [0, 0.05) is 23.2 Å². The molecule has 1 aromatic rings. The van der Waals surface area contributed by atoms with E-state index in [-0.39, 0.29) is 0 Å². The zero-order valence-corrected chi connectivity index (χ0v) is 9.32. The van der Waals surface area contributed by atoms with Gasteiger partial charge in [0.1, 0.15) is 0 Å². The number of nitrogens with one attached hydrogen (secondary N) is 1. The molecule has 0 bridgehead atoms. The van der Waals surface area contributed by atoms with E-state index in [4.69, 9.17) is 5.73 Å². The maximum Gasteiger partial charge on any atom is 0.0468 e. The van der Waals surface area contributed by atoms with E-state index in [1.54, 1.807) is 11.3 Å². The minimum atomic E-state index is 0.543. The molecule has 74 valence electrons. The average Bonchev–Trinajstić information content (AvgIpc) is 2.47. The lowest BCUT2D eigenvalue weighted by Gasteiger charge is -2.16. The summed E-state index contributed by atoms with van der Waals surface area (Å²) >= 11 is 1.72. The number of hydrogen-bond donors (Lipinski definition) is 2. The SMILES string of the molecule is CC(C)C(C)NCc1sccc1N. The van der Waals surface area contributed by atoms with Gasteiger partial charge in [0.2, 0.25) is 0 Å². The Labute approximate surface area is 84.2 Å². The molecule has 2 nitrogen and oxygen atoms in total. The topological polar surface area (TPSA) is 38.0 Å². The van der Waals surface area contributed by atoms with Crippen molar-refractivity contribution in [1.29, 1.82) is 0 Å². The zero-order valence-electron chi connectivity index (χ0n) is 8.50. The molecular formula is C10H18N2S. The Hall–Kier alpha value is -0.540. The van der Waals surface area contributed by atoms with E-state index >= 15 is 0 Å². The molecule has 0 aliphatic rings. The van der Waals surface area contributed by atoms with Crippen molar-refractivity contribution in [3.63, 3.8) is 0 Å². The molecule has 0 saturated heterocycles. The lowest BCUT2D eigenvalue weighted by molar-refractivity contribution is 0.428. The number of hydrogen-bond acceptors (Lipinski definition) is 3. The maximum absolute atomic E-state index is 5.77. The second-order valence-corrected chi connectivity index (χ2v) is 4.71. The Balaban J connectivity index is 2.39. The molecule has 0 aliphatic carbocycles. The first kappa shape index (κ1) is 10.5. The summed E-state index contributed by atoms with van der Waals surface area (Å²) in [6.45, 7) is 7.53. The van der Waals surface area contributed by atoms with Gasteiger partial charge in [0.15, 0.2) is 0 Å². The van der Waals surface area contributed by atoms with Crippen LogP contribution < -0.4 is 11.1 Å². The number of nitrogens with two attached hydrogens (primary N) is 1. The molecule has 3 N–H and O–H groups in total. The molecular weight excluding hydrogens is 180 g/mol. The van der Waals surface area contributed by atoms with Crippen LogP contribution >= 0.6 is 11.3 Å². The largest absolute Gasteiger partial charge is 0.398 e. The smallest absolute Gasteiger partial charge is 0.0468 e. The van der Waals surface area contributed by atoms with Crippen molar-refractivity contribution in [3.05, 3.63) is 16.3 Å².